The Bertz CT molecular complexity index is 1370. The lowest BCUT2D eigenvalue weighted by Gasteiger charge is -2.21. The smallest absolute Gasteiger partial charge is 0.333 e. The number of hydrogen-bond donors (Lipinski definition) is 4. The normalized spacial score (nSPS) is 21.8. The largest absolute Gasteiger partial charge is 0.393 e. The van der Waals surface area contributed by atoms with E-state index in [0.717, 1.165) is 0 Å². The van der Waals surface area contributed by atoms with Crippen molar-refractivity contribution in [3.63, 3.8) is 0 Å². The second-order valence-corrected chi connectivity index (χ2v) is 11.6. The third-order valence-corrected chi connectivity index (χ3v) is 7.84. The topological polar surface area (TPSA) is 178 Å². The first kappa shape index (κ1) is 26.7. The SMILES string of the molecule is C[C@@](O)(c1csc(C(=O)c2cncnc2N[C@@H]2C[C@H](COS(N)(=O)=O)[C@@H](O)C2)c1)c1cccc(Br)n1. The van der Waals surface area contributed by atoms with Crippen LogP contribution in [0.3, 0.4) is 0 Å². The van der Waals surface area contributed by atoms with E-state index in [9.17, 15) is 23.4 Å². The van der Waals surface area contributed by atoms with Gasteiger partial charge in [0.15, 0.2) is 0 Å². The Morgan fingerprint density at radius 1 is 1.39 bits per heavy atom. The zero-order valence-corrected chi connectivity index (χ0v) is 22.3. The van der Waals surface area contributed by atoms with Crippen molar-refractivity contribution in [1.82, 2.24) is 15.0 Å². The second-order valence-electron chi connectivity index (χ2n) is 8.65. The molecule has 0 unspecified atom stereocenters. The van der Waals surface area contributed by atoms with Crippen LogP contribution in [0.15, 0.2) is 46.8 Å². The third kappa shape index (κ3) is 6.14. The summed E-state index contributed by atoms with van der Waals surface area (Å²) in [6.45, 7) is 1.37. The van der Waals surface area contributed by atoms with E-state index in [0.29, 0.717) is 33.6 Å². The monoisotopic (exact) mass is 597 g/mol. The highest BCUT2D eigenvalue weighted by Gasteiger charge is 2.35. The van der Waals surface area contributed by atoms with E-state index in [1.165, 1.54) is 23.9 Å². The van der Waals surface area contributed by atoms with Crippen molar-refractivity contribution in [1.29, 1.82) is 0 Å². The summed E-state index contributed by atoms with van der Waals surface area (Å²) in [5.41, 5.74) is -0.240. The maximum absolute atomic E-state index is 13.3. The molecular formula is C22H24BrN5O6S2. The van der Waals surface area contributed by atoms with Crippen molar-refractivity contribution in [2.75, 3.05) is 11.9 Å². The van der Waals surface area contributed by atoms with Crippen LogP contribution in [-0.2, 0) is 20.1 Å². The lowest BCUT2D eigenvalue weighted by atomic mass is 9.94. The molecule has 4 atom stereocenters. The summed E-state index contributed by atoms with van der Waals surface area (Å²) in [5.74, 6) is -0.494. The number of nitrogens with one attached hydrogen (secondary N) is 1. The minimum Gasteiger partial charge on any atom is -0.393 e. The van der Waals surface area contributed by atoms with E-state index < -0.39 is 27.9 Å². The van der Waals surface area contributed by atoms with Gasteiger partial charge < -0.3 is 15.5 Å². The van der Waals surface area contributed by atoms with Crippen molar-refractivity contribution in [2.45, 2.75) is 37.5 Å². The van der Waals surface area contributed by atoms with Gasteiger partial charge in [-0.3, -0.25) is 8.98 Å². The van der Waals surface area contributed by atoms with E-state index in [1.807, 2.05) is 0 Å². The highest BCUT2D eigenvalue weighted by molar-refractivity contribution is 9.10. The number of nitrogens with two attached hydrogens (primary N) is 1. The van der Waals surface area contributed by atoms with Crippen LogP contribution in [0.1, 0.15) is 46.3 Å². The summed E-state index contributed by atoms with van der Waals surface area (Å²) in [7, 11) is -4.11. The van der Waals surface area contributed by atoms with Crippen molar-refractivity contribution in [3.8, 4) is 0 Å². The summed E-state index contributed by atoms with van der Waals surface area (Å²) in [6, 6.07) is 6.56. The number of carbonyl (C=O) groups excluding carboxylic acids is 1. The number of pyridine rings is 1. The first-order valence-corrected chi connectivity index (χ1v) is 14.0. The highest BCUT2D eigenvalue weighted by Crippen LogP contribution is 2.34. The summed E-state index contributed by atoms with van der Waals surface area (Å²) in [5, 5.41) is 31.2. The van der Waals surface area contributed by atoms with Gasteiger partial charge in [0, 0.05) is 23.7 Å². The molecular weight excluding hydrogens is 574 g/mol. The molecule has 3 heterocycles. The lowest BCUT2D eigenvalue weighted by molar-refractivity contribution is 0.0974. The molecule has 4 rings (SSSR count). The first-order valence-electron chi connectivity index (χ1n) is 10.8. The molecule has 1 aliphatic carbocycles. The molecule has 5 N–H and O–H groups in total. The van der Waals surface area contributed by atoms with E-state index in [2.05, 4.69) is 40.4 Å². The molecule has 192 valence electrons. The molecule has 0 radical (unpaired) electrons. The van der Waals surface area contributed by atoms with Gasteiger partial charge in [-0.2, -0.15) is 8.42 Å². The fourth-order valence-electron chi connectivity index (χ4n) is 4.06. The highest BCUT2D eigenvalue weighted by atomic mass is 79.9. The maximum atomic E-state index is 13.3. The molecule has 36 heavy (non-hydrogen) atoms. The third-order valence-electron chi connectivity index (χ3n) is 6.00. The van der Waals surface area contributed by atoms with E-state index in [1.54, 1.807) is 36.6 Å². The maximum Gasteiger partial charge on any atom is 0.333 e. The zero-order valence-electron chi connectivity index (χ0n) is 19.0. The van der Waals surface area contributed by atoms with Crippen LogP contribution in [0.5, 0.6) is 0 Å². The second kappa shape index (κ2) is 10.6. The van der Waals surface area contributed by atoms with Crippen LogP contribution >= 0.6 is 27.3 Å². The van der Waals surface area contributed by atoms with Crippen LogP contribution in [-0.4, -0.2) is 58.1 Å². The Hall–Kier alpha value is -2.33. The molecule has 3 aromatic rings. The fraction of sp³-hybridized carbons (Fsp3) is 0.364. The number of anilines is 1. The van der Waals surface area contributed by atoms with Crippen LogP contribution in [0.25, 0.3) is 0 Å². The molecule has 1 saturated carbocycles. The average Bonchev–Trinajstić information content (AvgIpc) is 3.44. The molecule has 3 aromatic heterocycles. The molecule has 0 amide bonds. The molecule has 14 heteroatoms. The Morgan fingerprint density at radius 2 is 2.17 bits per heavy atom. The quantitative estimate of drug-likeness (QED) is 0.210. The summed E-state index contributed by atoms with van der Waals surface area (Å²) < 4.78 is 27.3. The Labute approximate surface area is 220 Å². The van der Waals surface area contributed by atoms with Gasteiger partial charge in [-0.1, -0.05) is 6.07 Å². The number of ketones is 1. The van der Waals surface area contributed by atoms with Gasteiger partial charge in [-0.05, 0) is 59.3 Å². The van der Waals surface area contributed by atoms with Gasteiger partial charge in [0.1, 0.15) is 22.3 Å². The van der Waals surface area contributed by atoms with E-state index in [-0.39, 0.29) is 29.8 Å². The van der Waals surface area contributed by atoms with Gasteiger partial charge in [-0.25, -0.2) is 20.1 Å². The van der Waals surface area contributed by atoms with Crippen LogP contribution in [0.4, 0.5) is 5.82 Å². The fourth-order valence-corrected chi connectivity index (χ4v) is 5.73. The molecule has 1 aliphatic rings. The van der Waals surface area contributed by atoms with Gasteiger partial charge in [-0.15, -0.1) is 11.3 Å². The number of thiophene rings is 1. The molecule has 0 bridgehead atoms. The van der Waals surface area contributed by atoms with Gasteiger partial charge in [0.25, 0.3) is 0 Å². The summed E-state index contributed by atoms with van der Waals surface area (Å²) in [6.07, 6.45) is 2.59. The minimum atomic E-state index is -4.11. The van der Waals surface area contributed by atoms with Crippen LogP contribution in [0, 0.1) is 5.92 Å². The van der Waals surface area contributed by atoms with Gasteiger partial charge in [0.2, 0.25) is 5.78 Å². The summed E-state index contributed by atoms with van der Waals surface area (Å²) in [4.78, 5) is 26.2. The number of hydrogen-bond acceptors (Lipinski definition) is 11. The molecule has 0 spiro atoms. The Kier molecular flexibility index (Phi) is 7.85. The molecule has 11 nitrogen and oxygen atoms in total. The minimum absolute atomic E-state index is 0.227. The number of rotatable bonds is 9. The Morgan fingerprint density at radius 3 is 2.89 bits per heavy atom. The molecule has 1 fully saturated rings. The number of aliphatic hydroxyl groups is 2. The van der Waals surface area contributed by atoms with Crippen molar-refractivity contribution in [2.24, 2.45) is 11.1 Å². The average molecular weight is 599 g/mol. The molecule has 0 aliphatic heterocycles. The predicted octanol–water partition coefficient (Wildman–Crippen LogP) is 1.95. The molecule has 0 aromatic carbocycles. The number of aromatic nitrogens is 3. The Balaban J connectivity index is 1.50. The standard InChI is InChI=1S/C22H24BrN5O6S2/c1-22(31,18-3-2-4-19(23)28-18)13-6-17(35-10-13)20(30)15-8-25-11-26-21(15)27-14-5-12(16(29)7-14)9-34-36(24,32)33/h2-4,6,8,10-12,14,16,29,31H,5,7,9H2,1H3,(H2,24,32,33)(H,25,26,27)/t12-,14-,16+,22-/m1/s1. The number of halogens is 1. The van der Waals surface area contributed by atoms with Crippen molar-refractivity contribution >= 4 is 49.2 Å². The number of aliphatic hydroxyl groups excluding tert-OH is 1. The predicted molar refractivity (Wildman–Crippen MR) is 136 cm³/mol. The van der Waals surface area contributed by atoms with Gasteiger partial charge in [0.05, 0.1) is 28.8 Å². The first-order chi connectivity index (χ1) is 16.9. The van der Waals surface area contributed by atoms with E-state index in [4.69, 9.17) is 5.14 Å². The van der Waals surface area contributed by atoms with Crippen molar-refractivity contribution < 1.29 is 27.6 Å². The van der Waals surface area contributed by atoms with Gasteiger partial charge >= 0.3 is 10.3 Å². The van der Waals surface area contributed by atoms with Crippen LogP contribution in [0.2, 0.25) is 0 Å². The van der Waals surface area contributed by atoms with Crippen molar-refractivity contribution in [3.05, 3.63) is 68.5 Å². The number of carbonyl (C=O) groups is 1. The molecule has 0 saturated heterocycles. The van der Waals surface area contributed by atoms with Crippen LogP contribution < -0.4 is 10.5 Å². The zero-order chi connectivity index (χ0) is 26.1. The lowest BCUT2D eigenvalue weighted by Crippen LogP contribution is -2.24. The van der Waals surface area contributed by atoms with E-state index >= 15 is 0 Å². The summed E-state index contributed by atoms with van der Waals surface area (Å²) >= 11 is 4.49. The number of nitrogens with zero attached hydrogens (tertiary/aromatic N) is 3.